The molecule has 1 saturated carbocycles. The Bertz CT molecular complexity index is 851. The number of carbonyl (C=O) groups excluding carboxylic acids is 1. The summed E-state index contributed by atoms with van der Waals surface area (Å²) in [5.74, 6) is 0.211. The number of rotatable bonds is 4. The van der Waals surface area contributed by atoms with Crippen LogP contribution in [0.2, 0.25) is 0 Å². The van der Waals surface area contributed by atoms with Crippen molar-refractivity contribution in [3.05, 3.63) is 23.5 Å². The number of amides is 1. The Morgan fingerprint density at radius 2 is 1.85 bits per heavy atom. The second-order valence-electron chi connectivity index (χ2n) is 10.3. The zero-order chi connectivity index (χ0) is 20.0. The summed E-state index contributed by atoms with van der Waals surface area (Å²) in [7, 11) is 0. The normalized spacial score (nSPS) is 15.8. The van der Waals surface area contributed by atoms with Gasteiger partial charge in [0, 0.05) is 12.5 Å². The van der Waals surface area contributed by atoms with Gasteiger partial charge in [0.05, 0.1) is 5.52 Å². The Morgan fingerprint density at radius 1 is 1.19 bits per heavy atom. The van der Waals surface area contributed by atoms with E-state index >= 15 is 4.39 Å². The number of halogens is 1. The van der Waals surface area contributed by atoms with Gasteiger partial charge in [-0.3, -0.25) is 10.1 Å². The van der Waals surface area contributed by atoms with Gasteiger partial charge in [-0.2, -0.15) is 0 Å². The number of aromatic nitrogens is 2. The second kappa shape index (κ2) is 6.92. The van der Waals surface area contributed by atoms with Crippen LogP contribution in [0.15, 0.2) is 12.1 Å². The molecule has 0 spiro atoms. The van der Waals surface area contributed by atoms with Crippen LogP contribution in [-0.2, 0) is 11.2 Å². The molecule has 1 heterocycles. The molecule has 1 aromatic carbocycles. The molecule has 1 N–H and O–H groups in total. The predicted molar refractivity (Wildman–Crippen MR) is 108 cm³/mol. The van der Waals surface area contributed by atoms with Gasteiger partial charge in [-0.05, 0) is 48.1 Å². The minimum Gasteiger partial charge on any atom is -0.304 e. The smallest absolute Gasteiger partial charge is 0.227 e. The number of anilines is 1. The van der Waals surface area contributed by atoms with Crippen LogP contribution in [0.5, 0.6) is 0 Å². The van der Waals surface area contributed by atoms with Gasteiger partial charge in [0.2, 0.25) is 11.9 Å². The molecule has 148 valence electrons. The van der Waals surface area contributed by atoms with Crippen molar-refractivity contribution < 1.29 is 9.18 Å². The van der Waals surface area contributed by atoms with Crippen LogP contribution in [0.3, 0.4) is 0 Å². The Hall–Kier alpha value is -1.91. The van der Waals surface area contributed by atoms with E-state index in [1.165, 1.54) is 0 Å². The molecule has 0 unspecified atom stereocenters. The highest BCUT2D eigenvalue weighted by Crippen LogP contribution is 2.39. The van der Waals surface area contributed by atoms with Gasteiger partial charge in [0.15, 0.2) is 5.82 Å². The van der Waals surface area contributed by atoms with E-state index in [1.54, 1.807) is 0 Å². The Labute approximate surface area is 161 Å². The molecule has 3 rings (SSSR count). The first kappa shape index (κ1) is 19.8. The SMILES string of the molecule is CC(C)(C)CC(=O)Nc1nc2ccc(CC(C)(C)C)c(F)c2n1C1CCC1. The fourth-order valence-electron chi connectivity index (χ4n) is 3.64. The van der Waals surface area contributed by atoms with Crippen molar-refractivity contribution in [2.24, 2.45) is 10.8 Å². The largest absolute Gasteiger partial charge is 0.304 e. The summed E-state index contributed by atoms with van der Waals surface area (Å²) in [5.41, 5.74) is 1.75. The first-order valence-corrected chi connectivity index (χ1v) is 9.94. The van der Waals surface area contributed by atoms with Crippen molar-refractivity contribution in [3.8, 4) is 0 Å². The Morgan fingerprint density at radius 3 is 2.37 bits per heavy atom. The molecule has 1 amide bonds. The van der Waals surface area contributed by atoms with Crippen molar-refractivity contribution in [1.29, 1.82) is 0 Å². The molecule has 1 fully saturated rings. The molecule has 0 aliphatic heterocycles. The monoisotopic (exact) mass is 373 g/mol. The van der Waals surface area contributed by atoms with E-state index in [0.717, 1.165) is 19.3 Å². The zero-order valence-electron chi connectivity index (χ0n) is 17.4. The molecule has 0 radical (unpaired) electrons. The molecular formula is C22H32FN3O. The fourth-order valence-corrected chi connectivity index (χ4v) is 3.64. The van der Waals surface area contributed by atoms with Crippen LogP contribution in [-0.4, -0.2) is 15.5 Å². The highest BCUT2D eigenvalue weighted by Gasteiger charge is 2.29. The first-order valence-electron chi connectivity index (χ1n) is 9.94. The van der Waals surface area contributed by atoms with E-state index in [4.69, 9.17) is 0 Å². The maximum absolute atomic E-state index is 15.4. The number of benzene rings is 1. The van der Waals surface area contributed by atoms with Crippen molar-refractivity contribution in [1.82, 2.24) is 9.55 Å². The number of carbonyl (C=O) groups is 1. The second-order valence-corrected chi connectivity index (χ2v) is 10.3. The van der Waals surface area contributed by atoms with E-state index < -0.39 is 0 Å². The number of hydrogen-bond donors (Lipinski definition) is 1. The van der Waals surface area contributed by atoms with Crippen LogP contribution in [0, 0.1) is 16.6 Å². The van der Waals surface area contributed by atoms with Crippen molar-refractivity contribution >= 4 is 22.9 Å². The van der Waals surface area contributed by atoms with Gasteiger partial charge in [-0.15, -0.1) is 0 Å². The molecule has 5 heteroatoms. The third-order valence-electron chi connectivity index (χ3n) is 4.97. The lowest BCUT2D eigenvalue weighted by atomic mass is 9.87. The molecule has 1 aliphatic rings. The molecule has 1 aliphatic carbocycles. The van der Waals surface area contributed by atoms with E-state index in [1.807, 2.05) is 37.5 Å². The van der Waals surface area contributed by atoms with Gasteiger partial charge < -0.3 is 4.57 Å². The van der Waals surface area contributed by atoms with Crippen LogP contribution in [0.1, 0.15) is 78.8 Å². The fraction of sp³-hybridized carbons (Fsp3) is 0.636. The summed E-state index contributed by atoms with van der Waals surface area (Å²) in [6.07, 6.45) is 4.19. The summed E-state index contributed by atoms with van der Waals surface area (Å²) in [4.78, 5) is 17.0. The van der Waals surface area contributed by atoms with E-state index in [0.29, 0.717) is 35.4 Å². The van der Waals surface area contributed by atoms with Gasteiger partial charge in [-0.25, -0.2) is 9.37 Å². The first-order chi connectivity index (χ1) is 12.4. The summed E-state index contributed by atoms with van der Waals surface area (Å²) in [5, 5.41) is 2.95. The quantitative estimate of drug-likeness (QED) is 0.729. The maximum Gasteiger partial charge on any atom is 0.227 e. The average molecular weight is 374 g/mol. The minimum absolute atomic E-state index is 0.000405. The van der Waals surface area contributed by atoms with Crippen LogP contribution in [0.4, 0.5) is 10.3 Å². The third kappa shape index (κ3) is 4.50. The number of fused-ring (bicyclic) bond motifs is 1. The Balaban J connectivity index is 2.04. The van der Waals surface area contributed by atoms with Gasteiger partial charge in [0.25, 0.3) is 0 Å². The van der Waals surface area contributed by atoms with Crippen molar-refractivity contribution in [3.63, 3.8) is 0 Å². The van der Waals surface area contributed by atoms with Crippen molar-refractivity contribution in [2.45, 2.75) is 79.7 Å². The van der Waals surface area contributed by atoms with Crippen LogP contribution in [0.25, 0.3) is 11.0 Å². The van der Waals surface area contributed by atoms with E-state index in [-0.39, 0.29) is 28.6 Å². The molecule has 0 saturated heterocycles. The van der Waals surface area contributed by atoms with Gasteiger partial charge in [-0.1, -0.05) is 47.6 Å². The number of imidazole rings is 1. The molecular weight excluding hydrogens is 341 g/mol. The van der Waals surface area contributed by atoms with Crippen LogP contribution >= 0.6 is 0 Å². The highest BCUT2D eigenvalue weighted by molar-refractivity contribution is 5.92. The lowest BCUT2D eigenvalue weighted by Gasteiger charge is -2.29. The summed E-state index contributed by atoms with van der Waals surface area (Å²) >= 11 is 0. The van der Waals surface area contributed by atoms with E-state index in [9.17, 15) is 4.79 Å². The minimum atomic E-state index is -0.196. The highest BCUT2D eigenvalue weighted by atomic mass is 19.1. The maximum atomic E-state index is 15.4. The van der Waals surface area contributed by atoms with Gasteiger partial charge in [0.1, 0.15) is 5.52 Å². The lowest BCUT2D eigenvalue weighted by molar-refractivity contribution is -0.117. The average Bonchev–Trinajstić information content (AvgIpc) is 2.76. The summed E-state index contributed by atoms with van der Waals surface area (Å²) < 4.78 is 17.4. The number of nitrogens with one attached hydrogen (secondary N) is 1. The molecule has 27 heavy (non-hydrogen) atoms. The van der Waals surface area contributed by atoms with Crippen molar-refractivity contribution in [2.75, 3.05) is 5.32 Å². The predicted octanol–water partition coefficient (Wildman–Crippen LogP) is 5.86. The number of nitrogens with zero attached hydrogens (tertiary/aromatic N) is 2. The molecule has 1 aromatic heterocycles. The molecule has 4 nitrogen and oxygen atoms in total. The standard InChI is InChI=1S/C22H32FN3O/c1-21(2,3)12-14-10-11-16-19(18(14)23)26(15-8-7-9-15)20(24-16)25-17(27)13-22(4,5)6/h10-11,15H,7-9,12-13H2,1-6H3,(H,24,25,27). The summed E-state index contributed by atoms with van der Waals surface area (Å²) in [6, 6.07) is 3.93. The molecule has 0 bridgehead atoms. The molecule has 2 aromatic rings. The summed E-state index contributed by atoms with van der Waals surface area (Å²) in [6.45, 7) is 12.4. The number of hydrogen-bond acceptors (Lipinski definition) is 2. The van der Waals surface area contributed by atoms with Crippen LogP contribution < -0.4 is 5.32 Å². The van der Waals surface area contributed by atoms with Gasteiger partial charge >= 0.3 is 0 Å². The third-order valence-corrected chi connectivity index (χ3v) is 4.97. The molecule has 0 atom stereocenters. The lowest BCUT2D eigenvalue weighted by Crippen LogP contribution is -2.25. The zero-order valence-corrected chi connectivity index (χ0v) is 17.4. The Kier molecular flexibility index (Phi) is 5.08. The van der Waals surface area contributed by atoms with E-state index in [2.05, 4.69) is 31.1 Å². The topological polar surface area (TPSA) is 46.9 Å².